The smallest absolute Gasteiger partial charge is 0.114 e. The van der Waals surface area contributed by atoms with Crippen molar-refractivity contribution < 1.29 is 4.74 Å². The van der Waals surface area contributed by atoms with Crippen LogP contribution in [0.1, 0.15) is 24.5 Å². The normalized spacial score (nSPS) is 13.5. The van der Waals surface area contributed by atoms with Crippen LogP contribution in [0.3, 0.4) is 0 Å². The van der Waals surface area contributed by atoms with Crippen molar-refractivity contribution >= 4 is 36.8 Å². The van der Waals surface area contributed by atoms with Gasteiger partial charge in [-0.2, -0.15) is 0 Å². The van der Waals surface area contributed by atoms with Gasteiger partial charge in [-0.25, -0.2) is 0 Å². The number of ether oxygens (including phenoxy) is 1. The summed E-state index contributed by atoms with van der Waals surface area (Å²) in [5.41, 5.74) is 3.43. The summed E-state index contributed by atoms with van der Waals surface area (Å²) in [6, 6.07) is 19.7. The summed E-state index contributed by atoms with van der Waals surface area (Å²) < 4.78 is 9.09. The zero-order chi connectivity index (χ0) is 22.4. The monoisotopic (exact) mass is 453 g/mol. The molecule has 30 heavy (non-hydrogen) atoms. The second kappa shape index (κ2) is 10.9. The van der Waals surface area contributed by atoms with Crippen molar-refractivity contribution in [2.75, 3.05) is 12.8 Å². The lowest BCUT2D eigenvalue weighted by molar-refractivity contribution is 0.133. The fourth-order valence-electron chi connectivity index (χ4n) is 4.40. The highest BCUT2D eigenvalue weighted by molar-refractivity contribution is 6.89. The van der Waals surface area contributed by atoms with Crippen molar-refractivity contribution in [1.29, 1.82) is 0 Å². The Hall–Kier alpha value is -1.25. The Balaban J connectivity index is 1.89. The van der Waals surface area contributed by atoms with Crippen molar-refractivity contribution in [3.63, 3.8) is 0 Å². The van der Waals surface area contributed by atoms with E-state index >= 15 is 0 Å². The molecule has 2 aromatic carbocycles. The van der Waals surface area contributed by atoms with Crippen molar-refractivity contribution in [2.45, 2.75) is 58.7 Å². The first-order valence-electron chi connectivity index (χ1n) is 11.0. The first-order valence-corrected chi connectivity index (χ1v) is 19.1. The maximum absolute atomic E-state index is 6.21. The van der Waals surface area contributed by atoms with Gasteiger partial charge in [0.2, 0.25) is 0 Å². The van der Waals surface area contributed by atoms with Gasteiger partial charge in [0.1, 0.15) is 26.0 Å². The summed E-state index contributed by atoms with van der Waals surface area (Å²) >= 11 is 0. The molecule has 0 aromatic heterocycles. The lowest BCUT2D eigenvalue weighted by Crippen LogP contribution is -2.64. The van der Waals surface area contributed by atoms with Gasteiger partial charge >= 0.3 is 0 Å². The quantitative estimate of drug-likeness (QED) is 0.315. The van der Waals surface area contributed by atoms with Crippen LogP contribution in [-0.2, 0) is 4.74 Å². The average molecular weight is 454 g/mol. The zero-order valence-electron chi connectivity index (χ0n) is 20.0. The molecule has 1 atom stereocenters. The molecule has 0 bridgehead atoms. The summed E-state index contributed by atoms with van der Waals surface area (Å²) in [6.07, 6.45) is 1.97. The molecule has 162 valence electrons. The van der Waals surface area contributed by atoms with Crippen molar-refractivity contribution in [3.8, 4) is 0 Å². The predicted molar refractivity (Wildman–Crippen MR) is 140 cm³/mol. The van der Waals surface area contributed by atoms with E-state index < -0.39 is 16.5 Å². The van der Waals surface area contributed by atoms with Gasteiger partial charge in [0, 0.05) is 12.3 Å². The first-order chi connectivity index (χ1) is 14.0. The van der Waals surface area contributed by atoms with Crippen LogP contribution in [0.25, 0.3) is 5.57 Å². The van der Waals surface area contributed by atoms with Gasteiger partial charge in [-0.05, 0) is 23.1 Å². The largest absolute Gasteiger partial charge is 0.383 e. The van der Waals surface area contributed by atoms with Crippen molar-refractivity contribution in [3.05, 3.63) is 72.3 Å². The first kappa shape index (κ1) is 25.0. The standard InChI is InChI=1S/C25H39NOSi3/c1-9-24(26(29(3,4)5)30(6,7)8)19-27-20-28-25-17-15-23(16-18-25)21(2)22-13-11-10-12-14-22/h10-18,24H,2,9,19-20H2,1,3-8H3. The van der Waals surface area contributed by atoms with E-state index in [1.165, 1.54) is 16.3 Å². The fraction of sp³-hybridized carbons (Fsp3) is 0.440. The second-order valence-corrected chi connectivity index (χ2v) is 21.2. The highest BCUT2D eigenvalue weighted by Crippen LogP contribution is 2.25. The summed E-state index contributed by atoms with van der Waals surface area (Å²) in [6.45, 7) is 22.3. The van der Waals surface area contributed by atoms with Gasteiger partial charge in [0.05, 0.1) is 6.61 Å². The van der Waals surface area contributed by atoms with E-state index in [2.05, 4.69) is 106 Å². The number of benzene rings is 2. The van der Waals surface area contributed by atoms with Crippen LogP contribution in [0, 0.1) is 0 Å². The van der Waals surface area contributed by atoms with Gasteiger partial charge in [0.25, 0.3) is 0 Å². The molecule has 0 aliphatic rings. The Morgan fingerprint density at radius 1 is 0.900 bits per heavy atom. The van der Waals surface area contributed by atoms with Crippen molar-refractivity contribution in [1.82, 2.24) is 4.23 Å². The minimum Gasteiger partial charge on any atom is -0.383 e. The molecule has 0 saturated carbocycles. The van der Waals surface area contributed by atoms with Crippen LogP contribution in [-0.4, -0.2) is 49.1 Å². The molecule has 0 aliphatic heterocycles. The van der Waals surface area contributed by atoms with Gasteiger partial charge in [-0.1, -0.05) is 113 Å². The van der Waals surface area contributed by atoms with Crippen LogP contribution in [0.5, 0.6) is 0 Å². The van der Waals surface area contributed by atoms with E-state index in [0.717, 1.165) is 24.8 Å². The Bertz CT molecular complexity index is 778. The van der Waals surface area contributed by atoms with E-state index in [4.69, 9.17) is 4.74 Å². The van der Waals surface area contributed by atoms with Gasteiger partial charge in [-0.15, -0.1) is 0 Å². The Morgan fingerprint density at radius 2 is 1.43 bits per heavy atom. The molecule has 2 radical (unpaired) electrons. The molecule has 0 saturated heterocycles. The third-order valence-electron chi connectivity index (χ3n) is 5.33. The van der Waals surface area contributed by atoms with E-state index in [-0.39, 0.29) is 0 Å². The molecule has 5 heteroatoms. The van der Waals surface area contributed by atoms with Crippen molar-refractivity contribution in [2.24, 2.45) is 0 Å². The van der Waals surface area contributed by atoms with Crippen LogP contribution in [0.4, 0.5) is 0 Å². The molecule has 0 amide bonds. The van der Waals surface area contributed by atoms with Gasteiger partial charge in [-0.3, -0.25) is 0 Å². The summed E-state index contributed by atoms with van der Waals surface area (Å²) in [5.74, 6) is 0. The molecule has 2 rings (SSSR count). The maximum Gasteiger partial charge on any atom is 0.114 e. The fourth-order valence-corrected chi connectivity index (χ4v) is 15.9. The van der Waals surface area contributed by atoms with E-state index in [9.17, 15) is 0 Å². The van der Waals surface area contributed by atoms with Crippen LogP contribution < -0.4 is 5.19 Å². The molecule has 2 nitrogen and oxygen atoms in total. The molecular formula is C25H39NOSi3. The predicted octanol–water partition coefficient (Wildman–Crippen LogP) is 5.80. The molecule has 2 aromatic rings. The van der Waals surface area contributed by atoms with E-state index in [1.54, 1.807) is 0 Å². The van der Waals surface area contributed by atoms with E-state index in [1.807, 2.05) is 6.07 Å². The summed E-state index contributed by atoms with van der Waals surface area (Å²) in [5, 5.41) is 1.35. The van der Waals surface area contributed by atoms with E-state index in [0.29, 0.717) is 15.6 Å². The van der Waals surface area contributed by atoms with Gasteiger partial charge in [0.15, 0.2) is 0 Å². The summed E-state index contributed by atoms with van der Waals surface area (Å²) in [7, 11) is -2.05. The second-order valence-electron chi connectivity index (χ2n) is 9.89. The third-order valence-corrected chi connectivity index (χ3v) is 14.1. The summed E-state index contributed by atoms with van der Waals surface area (Å²) in [4.78, 5) is 0. The minimum absolute atomic E-state index is 0.546. The lowest BCUT2D eigenvalue weighted by atomic mass is 10.00. The molecule has 0 aliphatic carbocycles. The molecule has 1 unspecified atom stereocenters. The Morgan fingerprint density at radius 3 is 1.93 bits per heavy atom. The number of hydrogen-bond donors (Lipinski definition) is 0. The number of nitrogens with zero attached hydrogens (tertiary/aromatic N) is 1. The lowest BCUT2D eigenvalue weighted by Gasteiger charge is -2.48. The maximum atomic E-state index is 6.21. The van der Waals surface area contributed by atoms with Crippen LogP contribution in [0.15, 0.2) is 61.2 Å². The molecule has 0 N–H and O–H groups in total. The number of hydrogen-bond acceptors (Lipinski definition) is 2. The molecule has 0 heterocycles. The molecule has 0 fully saturated rings. The zero-order valence-corrected chi connectivity index (χ0v) is 23.0. The Kier molecular flexibility index (Phi) is 9.06. The van der Waals surface area contributed by atoms with Gasteiger partial charge < -0.3 is 8.97 Å². The topological polar surface area (TPSA) is 12.5 Å². The molecular weight excluding hydrogens is 415 g/mol. The molecule has 0 spiro atoms. The average Bonchev–Trinajstić information content (AvgIpc) is 2.68. The highest BCUT2D eigenvalue weighted by Gasteiger charge is 2.38. The SMILES string of the molecule is C=C(c1ccccc1)c1ccc([Si]COCC(CC)N([Si](C)(C)C)[Si](C)(C)C)cc1. The number of rotatable bonds is 11. The minimum atomic E-state index is -1.37. The van der Waals surface area contributed by atoms with Crippen LogP contribution in [0.2, 0.25) is 39.3 Å². The Labute approximate surface area is 189 Å². The third kappa shape index (κ3) is 7.17. The highest BCUT2D eigenvalue weighted by atomic mass is 28.4. The van der Waals surface area contributed by atoms with Crippen LogP contribution >= 0.6 is 0 Å².